The second kappa shape index (κ2) is 11.2. The molecule has 2 aliphatic rings. The van der Waals surface area contributed by atoms with E-state index in [1.807, 2.05) is 0 Å². The maximum atomic E-state index is 13.4. The number of methoxy groups -OCH3 is 2. The number of aromatic nitrogens is 1. The van der Waals surface area contributed by atoms with Crippen molar-refractivity contribution >= 4 is 23.4 Å². The number of aryl methyl sites for hydroxylation is 1. The summed E-state index contributed by atoms with van der Waals surface area (Å²) in [4.78, 5) is 45.5. The standard InChI is InChI=1S/C27H33N3O7/c1-16-20(17(2)28-22(16)27(34)36-4)24(31)21-23(18-6-8-19(35-3)9-7-18)30(26(33)25(21)32)11-5-10-29-12-14-37-15-13-29/h6-9,23,28,31H,5,10-15H2,1-4H3/t23-/m1/s1. The van der Waals surface area contributed by atoms with E-state index in [1.165, 1.54) is 12.0 Å². The van der Waals surface area contributed by atoms with Crippen molar-refractivity contribution in [2.24, 2.45) is 0 Å². The van der Waals surface area contributed by atoms with Gasteiger partial charge in [0.05, 0.1) is 39.0 Å². The monoisotopic (exact) mass is 511 g/mol. The zero-order valence-electron chi connectivity index (χ0n) is 21.6. The molecule has 2 fully saturated rings. The van der Waals surface area contributed by atoms with Gasteiger partial charge in [-0.1, -0.05) is 12.1 Å². The Morgan fingerprint density at radius 1 is 1.11 bits per heavy atom. The van der Waals surface area contributed by atoms with Gasteiger partial charge in [-0.25, -0.2) is 4.79 Å². The van der Waals surface area contributed by atoms with Crippen molar-refractivity contribution < 1.29 is 33.7 Å². The number of likely N-dealkylation sites (tertiary alicyclic amines) is 1. The van der Waals surface area contributed by atoms with E-state index >= 15 is 0 Å². The second-order valence-corrected chi connectivity index (χ2v) is 9.19. The van der Waals surface area contributed by atoms with Crippen molar-refractivity contribution in [2.45, 2.75) is 26.3 Å². The lowest BCUT2D eigenvalue weighted by Gasteiger charge is -2.29. The molecule has 10 heteroatoms. The average molecular weight is 512 g/mol. The van der Waals surface area contributed by atoms with Crippen LogP contribution in [0.3, 0.4) is 0 Å². The molecule has 0 spiro atoms. The lowest BCUT2D eigenvalue weighted by atomic mass is 9.94. The number of aliphatic hydroxyl groups is 1. The van der Waals surface area contributed by atoms with E-state index in [1.54, 1.807) is 45.2 Å². The molecule has 1 aromatic carbocycles. The number of ether oxygens (including phenoxy) is 3. The molecular formula is C27H33N3O7. The van der Waals surface area contributed by atoms with Crippen LogP contribution in [0.25, 0.3) is 5.76 Å². The minimum atomic E-state index is -0.786. The molecule has 0 unspecified atom stereocenters. The minimum Gasteiger partial charge on any atom is -0.507 e. The first kappa shape index (κ1) is 26.4. The number of benzene rings is 1. The number of hydrogen-bond acceptors (Lipinski definition) is 8. The number of morpholine rings is 1. The average Bonchev–Trinajstić information content (AvgIpc) is 3.35. The van der Waals surface area contributed by atoms with Crippen LogP contribution in [-0.2, 0) is 19.1 Å². The molecule has 2 aliphatic heterocycles. The van der Waals surface area contributed by atoms with Gasteiger partial charge in [-0.2, -0.15) is 0 Å². The number of aromatic amines is 1. The Labute approximate surface area is 215 Å². The van der Waals surface area contributed by atoms with E-state index in [4.69, 9.17) is 14.2 Å². The van der Waals surface area contributed by atoms with Crippen LogP contribution >= 0.6 is 0 Å². The summed E-state index contributed by atoms with van der Waals surface area (Å²) in [7, 11) is 2.83. The van der Waals surface area contributed by atoms with E-state index in [2.05, 4.69) is 9.88 Å². The fraction of sp³-hybridized carbons (Fsp3) is 0.444. The Morgan fingerprint density at radius 3 is 2.41 bits per heavy atom. The Hall–Kier alpha value is -3.63. The first-order valence-electron chi connectivity index (χ1n) is 12.3. The number of carbonyl (C=O) groups is 3. The highest BCUT2D eigenvalue weighted by Crippen LogP contribution is 2.41. The van der Waals surface area contributed by atoms with Crippen molar-refractivity contribution in [3.63, 3.8) is 0 Å². The first-order chi connectivity index (χ1) is 17.8. The zero-order valence-corrected chi connectivity index (χ0v) is 21.6. The summed E-state index contributed by atoms with van der Waals surface area (Å²) in [6, 6.07) is 6.30. The molecule has 1 atom stereocenters. The molecule has 0 saturated carbocycles. The number of hydrogen-bond donors (Lipinski definition) is 2. The Balaban J connectivity index is 1.74. The highest BCUT2D eigenvalue weighted by Gasteiger charge is 2.46. The third-order valence-corrected chi connectivity index (χ3v) is 7.01. The zero-order chi connectivity index (χ0) is 26.7. The van der Waals surface area contributed by atoms with Gasteiger partial charge in [-0.3, -0.25) is 14.5 Å². The van der Waals surface area contributed by atoms with Crippen LogP contribution in [-0.4, -0.2) is 91.2 Å². The number of Topliss-reactive ketones (excluding diaryl/α,β-unsaturated/α-hetero) is 1. The van der Waals surface area contributed by atoms with Gasteiger partial charge in [-0.05, 0) is 43.5 Å². The van der Waals surface area contributed by atoms with Crippen molar-refractivity contribution in [1.82, 2.24) is 14.8 Å². The van der Waals surface area contributed by atoms with E-state index in [0.29, 0.717) is 54.3 Å². The summed E-state index contributed by atoms with van der Waals surface area (Å²) in [6.45, 7) is 7.47. The van der Waals surface area contributed by atoms with Gasteiger partial charge < -0.3 is 29.2 Å². The lowest BCUT2D eigenvalue weighted by molar-refractivity contribution is -0.140. The highest BCUT2D eigenvalue weighted by molar-refractivity contribution is 6.46. The number of rotatable bonds is 8. The Kier molecular flexibility index (Phi) is 7.99. The molecule has 0 bridgehead atoms. The van der Waals surface area contributed by atoms with Gasteiger partial charge in [0.2, 0.25) is 0 Å². The number of esters is 1. The van der Waals surface area contributed by atoms with Crippen LogP contribution in [0.1, 0.15) is 45.3 Å². The number of aliphatic hydroxyl groups excluding tert-OH is 1. The topological polar surface area (TPSA) is 121 Å². The number of nitrogens with zero attached hydrogens (tertiary/aromatic N) is 2. The molecule has 3 heterocycles. The van der Waals surface area contributed by atoms with Crippen LogP contribution in [0.2, 0.25) is 0 Å². The molecule has 4 rings (SSSR count). The largest absolute Gasteiger partial charge is 0.507 e. The number of carbonyl (C=O) groups excluding carboxylic acids is 3. The summed E-state index contributed by atoms with van der Waals surface area (Å²) in [6.07, 6.45) is 0.661. The fourth-order valence-electron chi connectivity index (χ4n) is 5.08. The van der Waals surface area contributed by atoms with Gasteiger partial charge in [0.15, 0.2) is 0 Å². The molecule has 1 aromatic heterocycles. The van der Waals surface area contributed by atoms with Crippen molar-refractivity contribution in [3.05, 3.63) is 57.9 Å². The highest BCUT2D eigenvalue weighted by atomic mass is 16.5. The van der Waals surface area contributed by atoms with E-state index in [9.17, 15) is 19.5 Å². The van der Waals surface area contributed by atoms with Crippen molar-refractivity contribution in [3.8, 4) is 5.75 Å². The van der Waals surface area contributed by atoms with Gasteiger partial charge in [-0.15, -0.1) is 0 Å². The van der Waals surface area contributed by atoms with Crippen LogP contribution in [0.5, 0.6) is 5.75 Å². The molecule has 1 amide bonds. The van der Waals surface area contributed by atoms with Crippen LogP contribution < -0.4 is 4.74 Å². The molecule has 0 aliphatic carbocycles. The maximum absolute atomic E-state index is 13.4. The second-order valence-electron chi connectivity index (χ2n) is 9.19. The summed E-state index contributed by atoms with van der Waals surface area (Å²) in [5.74, 6) is -1.70. The van der Waals surface area contributed by atoms with Crippen LogP contribution in [0, 0.1) is 13.8 Å². The summed E-state index contributed by atoms with van der Waals surface area (Å²) < 4.78 is 15.5. The van der Waals surface area contributed by atoms with Gasteiger partial charge in [0.25, 0.3) is 11.7 Å². The van der Waals surface area contributed by atoms with E-state index in [0.717, 1.165) is 19.6 Å². The van der Waals surface area contributed by atoms with Gasteiger partial charge in [0.1, 0.15) is 17.2 Å². The molecule has 37 heavy (non-hydrogen) atoms. The van der Waals surface area contributed by atoms with Crippen molar-refractivity contribution in [2.75, 3.05) is 53.6 Å². The van der Waals surface area contributed by atoms with Crippen LogP contribution in [0.4, 0.5) is 0 Å². The summed E-state index contributed by atoms with van der Waals surface area (Å²) >= 11 is 0. The molecule has 0 radical (unpaired) electrons. The molecule has 198 valence electrons. The SMILES string of the molecule is COC(=O)c1[nH]c(C)c(C(O)=C2C(=O)C(=O)N(CCCN3CCOCC3)[C@@H]2c2ccc(OC)cc2)c1C. The van der Waals surface area contributed by atoms with Gasteiger partial charge in [0, 0.05) is 37.4 Å². The number of nitrogens with one attached hydrogen (secondary N) is 1. The van der Waals surface area contributed by atoms with Crippen molar-refractivity contribution in [1.29, 1.82) is 0 Å². The lowest BCUT2D eigenvalue weighted by Crippen LogP contribution is -2.38. The predicted octanol–water partition coefficient (Wildman–Crippen LogP) is 2.57. The smallest absolute Gasteiger partial charge is 0.354 e. The first-order valence-corrected chi connectivity index (χ1v) is 12.3. The fourth-order valence-corrected chi connectivity index (χ4v) is 5.08. The quantitative estimate of drug-likeness (QED) is 0.240. The minimum absolute atomic E-state index is 0.0110. The summed E-state index contributed by atoms with van der Waals surface area (Å²) in [5, 5.41) is 11.5. The molecule has 10 nitrogen and oxygen atoms in total. The molecule has 2 N–H and O–H groups in total. The van der Waals surface area contributed by atoms with Crippen LogP contribution in [0.15, 0.2) is 29.8 Å². The third kappa shape index (κ3) is 5.12. The Morgan fingerprint density at radius 2 is 1.78 bits per heavy atom. The normalized spacial score (nSPS) is 19.9. The summed E-state index contributed by atoms with van der Waals surface area (Å²) in [5.41, 5.74) is 2.08. The van der Waals surface area contributed by atoms with E-state index in [-0.39, 0.29) is 17.0 Å². The van der Waals surface area contributed by atoms with E-state index < -0.39 is 23.7 Å². The third-order valence-electron chi connectivity index (χ3n) is 7.01. The molecular weight excluding hydrogens is 478 g/mol. The maximum Gasteiger partial charge on any atom is 0.354 e. The molecule has 2 saturated heterocycles. The molecule has 2 aromatic rings. The number of amides is 1. The predicted molar refractivity (Wildman–Crippen MR) is 135 cm³/mol. The van der Waals surface area contributed by atoms with Gasteiger partial charge >= 0.3 is 5.97 Å². The number of H-pyrrole nitrogens is 1. The Bertz CT molecular complexity index is 1210. The number of ketones is 1.